The summed E-state index contributed by atoms with van der Waals surface area (Å²) < 4.78 is 16.5. The standard InChI is InChI=1S/C27H30O10/c1-13-17(29)6-7-21(37-13)36-9-8-14(19(31)12-28)10-15-11-18(30)23-24(25(15)32)26(33)16-4-3-5-20(35-2)22(16)27(23)34/h3-5,11,13-14,17,21,28-30,32H,6-10,12H2,1-2H3. The van der Waals surface area contributed by atoms with Crippen LogP contribution in [0.5, 0.6) is 17.2 Å². The number of ether oxygens (including phenoxy) is 3. The van der Waals surface area contributed by atoms with E-state index < -0.39 is 53.8 Å². The number of aliphatic hydroxyl groups excluding tert-OH is 2. The Morgan fingerprint density at radius 1 is 1.14 bits per heavy atom. The summed E-state index contributed by atoms with van der Waals surface area (Å²) >= 11 is 0. The molecule has 37 heavy (non-hydrogen) atoms. The highest BCUT2D eigenvalue weighted by molar-refractivity contribution is 6.31. The number of phenolic OH excluding ortho intramolecular Hbond substituents is 2. The fraction of sp³-hybridized carbons (Fsp3) is 0.444. The molecule has 198 valence electrons. The van der Waals surface area contributed by atoms with Gasteiger partial charge in [0.15, 0.2) is 17.9 Å². The Labute approximate surface area is 213 Å². The van der Waals surface area contributed by atoms with Crippen LogP contribution in [0.4, 0.5) is 0 Å². The summed E-state index contributed by atoms with van der Waals surface area (Å²) in [5.74, 6) is -3.47. The van der Waals surface area contributed by atoms with E-state index in [1.54, 1.807) is 13.0 Å². The number of phenols is 2. The number of fused-ring (bicyclic) bond motifs is 2. The Kier molecular flexibility index (Phi) is 7.93. The molecular weight excluding hydrogens is 484 g/mol. The second-order valence-corrected chi connectivity index (χ2v) is 9.29. The van der Waals surface area contributed by atoms with Crippen molar-refractivity contribution < 1.29 is 49.0 Å². The number of benzene rings is 2. The molecule has 10 nitrogen and oxygen atoms in total. The minimum Gasteiger partial charge on any atom is -0.507 e. The minimum atomic E-state index is -0.804. The molecule has 0 aromatic heterocycles. The molecule has 2 aromatic carbocycles. The number of carbonyl (C=O) groups excluding carboxylic acids is 3. The van der Waals surface area contributed by atoms with E-state index in [0.29, 0.717) is 12.8 Å². The molecule has 2 aromatic rings. The highest BCUT2D eigenvalue weighted by atomic mass is 16.7. The van der Waals surface area contributed by atoms with Crippen molar-refractivity contribution >= 4 is 17.3 Å². The van der Waals surface area contributed by atoms with Crippen LogP contribution in [0.3, 0.4) is 0 Å². The maximum atomic E-state index is 13.3. The van der Waals surface area contributed by atoms with Crippen molar-refractivity contribution in [2.75, 3.05) is 20.3 Å². The van der Waals surface area contributed by atoms with Crippen LogP contribution in [-0.2, 0) is 20.7 Å². The van der Waals surface area contributed by atoms with Crippen molar-refractivity contribution in [3.8, 4) is 17.2 Å². The van der Waals surface area contributed by atoms with Crippen LogP contribution in [0, 0.1) is 5.92 Å². The summed E-state index contributed by atoms with van der Waals surface area (Å²) in [4.78, 5) is 39.0. The number of carbonyl (C=O) groups is 3. The fourth-order valence-corrected chi connectivity index (χ4v) is 4.88. The average Bonchev–Trinajstić information content (AvgIpc) is 2.89. The lowest BCUT2D eigenvalue weighted by Crippen LogP contribution is -2.38. The molecule has 4 rings (SSSR count). The van der Waals surface area contributed by atoms with Crippen molar-refractivity contribution in [3.63, 3.8) is 0 Å². The molecule has 1 fully saturated rings. The van der Waals surface area contributed by atoms with Crippen LogP contribution < -0.4 is 4.74 Å². The van der Waals surface area contributed by atoms with Crippen molar-refractivity contribution in [3.05, 3.63) is 52.1 Å². The SMILES string of the molecule is COc1cccc2c1C(=O)c1c(O)cc(CC(CCOC3CCC(O)C(C)O3)C(=O)CO)c(O)c1C2=O. The van der Waals surface area contributed by atoms with E-state index in [1.165, 1.54) is 19.2 Å². The predicted octanol–water partition coefficient (Wildman–Crippen LogP) is 1.89. The molecule has 1 aliphatic carbocycles. The molecule has 1 aliphatic heterocycles. The van der Waals surface area contributed by atoms with Gasteiger partial charge in [-0.1, -0.05) is 12.1 Å². The summed E-state index contributed by atoms with van der Waals surface area (Å²) in [6.07, 6.45) is -0.408. The van der Waals surface area contributed by atoms with Crippen LogP contribution in [0.1, 0.15) is 63.6 Å². The van der Waals surface area contributed by atoms with Gasteiger partial charge in [-0.05, 0) is 43.9 Å². The number of aromatic hydroxyl groups is 2. The second kappa shape index (κ2) is 11.0. The summed E-state index contributed by atoms with van der Waals surface area (Å²) in [7, 11) is 1.36. The first-order valence-electron chi connectivity index (χ1n) is 12.1. The average molecular weight is 515 g/mol. The van der Waals surface area contributed by atoms with E-state index in [1.807, 2.05) is 0 Å². The number of Topliss-reactive ketones (excluding diaryl/α,β-unsaturated/α-hetero) is 1. The van der Waals surface area contributed by atoms with E-state index in [4.69, 9.17) is 14.2 Å². The quantitative estimate of drug-likeness (QED) is 0.311. The number of hydrogen-bond donors (Lipinski definition) is 4. The third kappa shape index (κ3) is 5.10. The lowest BCUT2D eigenvalue weighted by atomic mass is 9.80. The predicted molar refractivity (Wildman–Crippen MR) is 129 cm³/mol. The zero-order valence-corrected chi connectivity index (χ0v) is 20.6. The zero-order chi connectivity index (χ0) is 26.9. The highest BCUT2D eigenvalue weighted by Crippen LogP contribution is 2.43. The number of rotatable bonds is 9. The first-order chi connectivity index (χ1) is 17.7. The van der Waals surface area contributed by atoms with Gasteiger partial charge < -0.3 is 34.6 Å². The van der Waals surface area contributed by atoms with Gasteiger partial charge in [-0.2, -0.15) is 0 Å². The van der Waals surface area contributed by atoms with Gasteiger partial charge in [0.05, 0.1) is 42.6 Å². The van der Waals surface area contributed by atoms with Gasteiger partial charge in [0.1, 0.15) is 23.9 Å². The van der Waals surface area contributed by atoms with Gasteiger partial charge in [0.2, 0.25) is 5.78 Å². The molecule has 2 aliphatic rings. The summed E-state index contributed by atoms with van der Waals surface area (Å²) in [6.45, 7) is 1.10. The smallest absolute Gasteiger partial charge is 0.202 e. The van der Waals surface area contributed by atoms with Crippen molar-refractivity contribution in [1.29, 1.82) is 0 Å². The molecule has 0 radical (unpaired) electrons. The van der Waals surface area contributed by atoms with E-state index in [2.05, 4.69) is 0 Å². The molecule has 0 amide bonds. The van der Waals surface area contributed by atoms with Crippen LogP contribution >= 0.6 is 0 Å². The van der Waals surface area contributed by atoms with Crippen LogP contribution in [0.2, 0.25) is 0 Å². The summed E-state index contributed by atoms with van der Waals surface area (Å²) in [5, 5.41) is 41.0. The monoisotopic (exact) mass is 514 g/mol. The van der Waals surface area contributed by atoms with Crippen LogP contribution in [0.25, 0.3) is 0 Å². The molecule has 4 N–H and O–H groups in total. The summed E-state index contributed by atoms with van der Waals surface area (Å²) in [6, 6.07) is 5.66. The number of ketones is 3. The van der Waals surface area contributed by atoms with Gasteiger partial charge in [-0.25, -0.2) is 0 Å². The Morgan fingerprint density at radius 2 is 1.89 bits per heavy atom. The molecule has 1 saturated heterocycles. The van der Waals surface area contributed by atoms with Crippen LogP contribution in [0.15, 0.2) is 24.3 Å². The highest BCUT2D eigenvalue weighted by Gasteiger charge is 2.38. The minimum absolute atomic E-state index is 0.00204. The fourth-order valence-electron chi connectivity index (χ4n) is 4.88. The Hall–Kier alpha value is -3.31. The van der Waals surface area contributed by atoms with Crippen molar-refractivity contribution in [2.45, 2.75) is 51.1 Å². The molecule has 10 heteroatoms. The molecule has 4 atom stereocenters. The second-order valence-electron chi connectivity index (χ2n) is 9.29. The molecule has 0 bridgehead atoms. The Bertz CT molecular complexity index is 1220. The van der Waals surface area contributed by atoms with Gasteiger partial charge in [-0.3, -0.25) is 14.4 Å². The zero-order valence-electron chi connectivity index (χ0n) is 20.6. The summed E-state index contributed by atoms with van der Waals surface area (Å²) in [5.41, 5.74) is -0.548. The van der Waals surface area contributed by atoms with Crippen molar-refractivity contribution in [2.24, 2.45) is 5.92 Å². The molecule has 0 saturated carbocycles. The first kappa shape index (κ1) is 26.7. The maximum Gasteiger partial charge on any atom is 0.202 e. The van der Waals surface area contributed by atoms with E-state index in [0.717, 1.165) is 6.07 Å². The molecule has 0 spiro atoms. The normalized spacial score (nSPS) is 21.8. The molecular formula is C27H30O10. The van der Waals surface area contributed by atoms with Gasteiger partial charge >= 0.3 is 0 Å². The van der Waals surface area contributed by atoms with E-state index >= 15 is 0 Å². The molecule has 1 heterocycles. The van der Waals surface area contributed by atoms with Crippen molar-refractivity contribution in [1.82, 2.24) is 0 Å². The molecule has 4 unspecified atom stereocenters. The largest absolute Gasteiger partial charge is 0.507 e. The Morgan fingerprint density at radius 3 is 2.57 bits per heavy atom. The van der Waals surface area contributed by atoms with Gasteiger partial charge in [-0.15, -0.1) is 0 Å². The number of hydrogen-bond acceptors (Lipinski definition) is 10. The topological polar surface area (TPSA) is 160 Å². The Balaban J connectivity index is 1.57. The lowest BCUT2D eigenvalue weighted by molar-refractivity contribution is -0.218. The number of aliphatic hydroxyl groups is 2. The van der Waals surface area contributed by atoms with Gasteiger partial charge in [0, 0.05) is 17.9 Å². The number of methoxy groups -OCH3 is 1. The van der Waals surface area contributed by atoms with E-state index in [9.17, 15) is 34.8 Å². The third-order valence-corrected chi connectivity index (χ3v) is 6.98. The maximum absolute atomic E-state index is 13.3. The van der Waals surface area contributed by atoms with Gasteiger partial charge in [0.25, 0.3) is 0 Å². The first-order valence-corrected chi connectivity index (χ1v) is 12.1. The van der Waals surface area contributed by atoms with E-state index in [-0.39, 0.29) is 59.1 Å². The lowest BCUT2D eigenvalue weighted by Gasteiger charge is -2.31. The van der Waals surface area contributed by atoms with Crippen LogP contribution in [-0.4, -0.2) is 76.6 Å². The third-order valence-electron chi connectivity index (χ3n) is 6.98.